The minimum absolute atomic E-state index is 0.288. The van der Waals surface area contributed by atoms with E-state index in [4.69, 9.17) is 10.2 Å². The smallest absolute Gasteiger partial charge is 0.140 e. The van der Waals surface area contributed by atoms with E-state index in [9.17, 15) is 0 Å². The number of nitrogens with zero attached hydrogens (tertiary/aromatic N) is 2. The van der Waals surface area contributed by atoms with Crippen LogP contribution >= 0.6 is 27.5 Å². The molecular weight excluding hydrogens is 254 g/mol. The van der Waals surface area contributed by atoms with Crippen LogP contribution in [-0.2, 0) is 0 Å². The van der Waals surface area contributed by atoms with Gasteiger partial charge in [0.1, 0.15) is 11.8 Å². The maximum atomic E-state index is 5.91. The standard InChI is InChI=1S/C7H6BrN3OS/c8-4-1-2-12-7(4)6(9)5-3-10-11-13-5/h1-3,6H,9H2. The molecule has 2 aromatic rings. The number of nitrogens with two attached hydrogens (primary N) is 1. The van der Waals surface area contributed by atoms with Gasteiger partial charge in [-0.05, 0) is 33.5 Å². The predicted molar refractivity (Wildman–Crippen MR) is 52.3 cm³/mol. The van der Waals surface area contributed by atoms with Crippen LogP contribution in [0, 0.1) is 0 Å². The first-order valence-corrected chi connectivity index (χ1v) is 5.11. The molecule has 2 N–H and O–H groups in total. The zero-order valence-corrected chi connectivity index (χ0v) is 8.88. The van der Waals surface area contributed by atoms with Crippen LogP contribution in [0.4, 0.5) is 0 Å². The fourth-order valence-electron chi connectivity index (χ4n) is 0.968. The van der Waals surface area contributed by atoms with Crippen molar-refractivity contribution in [3.8, 4) is 0 Å². The van der Waals surface area contributed by atoms with Crippen molar-refractivity contribution in [3.05, 3.63) is 33.6 Å². The van der Waals surface area contributed by atoms with E-state index in [2.05, 4.69) is 25.5 Å². The molecule has 0 aromatic carbocycles. The fraction of sp³-hybridized carbons (Fsp3) is 0.143. The summed E-state index contributed by atoms with van der Waals surface area (Å²) in [5.41, 5.74) is 5.91. The topological polar surface area (TPSA) is 64.9 Å². The first-order valence-electron chi connectivity index (χ1n) is 3.55. The summed E-state index contributed by atoms with van der Waals surface area (Å²) in [6, 6.07) is 1.52. The molecule has 2 aromatic heterocycles. The average molecular weight is 260 g/mol. The summed E-state index contributed by atoms with van der Waals surface area (Å²) >= 11 is 4.61. The highest BCUT2D eigenvalue weighted by Gasteiger charge is 2.17. The van der Waals surface area contributed by atoms with E-state index in [0.29, 0.717) is 5.76 Å². The van der Waals surface area contributed by atoms with E-state index in [0.717, 1.165) is 9.35 Å². The fourth-order valence-corrected chi connectivity index (χ4v) is 1.92. The third kappa shape index (κ3) is 1.65. The molecular formula is C7H6BrN3OS. The van der Waals surface area contributed by atoms with Gasteiger partial charge < -0.3 is 10.2 Å². The summed E-state index contributed by atoms with van der Waals surface area (Å²) in [5, 5.41) is 3.71. The monoisotopic (exact) mass is 259 g/mol. The van der Waals surface area contributed by atoms with Crippen LogP contribution in [0.3, 0.4) is 0 Å². The van der Waals surface area contributed by atoms with Crippen LogP contribution in [0.15, 0.2) is 27.4 Å². The van der Waals surface area contributed by atoms with Gasteiger partial charge in [0.25, 0.3) is 0 Å². The number of hydrogen-bond donors (Lipinski definition) is 1. The molecule has 1 unspecified atom stereocenters. The van der Waals surface area contributed by atoms with Crippen molar-refractivity contribution < 1.29 is 4.42 Å². The van der Waals surface area contributed by atoms with Crippen molar-refractivity contribution >= 4 is 27.5 Å². The maximum absolute atomic E-state index is 5.91. The van der Waals surface area contributed by atoms with Crippen LogP contribution in [0.1, 0.15) is 16.7 Å². The van der Waals surface area contributed by atoms with E-state index in [-0.39, 0.29) is 6.04 Å². The van der Waals surface area contributed by atoms with Crippen LogP contribution < -0.4 is 5.73 Å². The predicted octanol–water partition coefficient (Wildman–Crippen LogP) is 1.94. The first kappa shape index (κ1) is 8.86. The van der Waals surface area contributed by atoms with Gasteiger partial charge in [-0.3, -0.25) is 0 Å². The maximum Gasteiger partial charge on any atom is 0.140 e. The Hall–Kier alpha value is -0.720. The average Bonchev–Trinajstić information content (AvgIpc) is 2.72. The molecule has 0 aliphatic carbocycles. The minimum atomic E-state index is -0.288. The van der Waals surface area contributed by atoms with Crippen LogP contribution in [-0.4, -0.2) is 9.59 Å². The van der Waals surface area contributed by atoms with E-state index >= 15 is 0 Å². The van der Waals surface area contributed by atoms with Gasteiger partial charge in [0, 0.05) is 0 Å². The molecule has 13 heavy (non-hydrogen) atoms. The van der Waals surface area contributed by atoms with Gasteiger partial charge in [-0.2, -0.15) is 0 Å². The second-order valence-corrected chi connectivity index (χ2v) is 4.10. The van der Waals surface area contributed by atoms with Gasteiger partial charge in [-0.1, -0.05) is 4.49 Å². The van der Waals surface area contributed by atoms with E-state index in [1.165, 1.54) is 11.5 Å². The molecule has 0 spiro atoms. The Labute approximate surface area is 87.0 Å². The molecule has 6 heteroatoms. The molecule has 2 rings (SSSR count). The Morgan fingerprint density at radius 2 is 2.46 bits per heavy atom. The van der Waals surface area contributed by atoms with Crippen molar-refractivity contribution in [2.24, 2.45) is 5.73 Å². The number of halogens is 1. The highest BCUT2D eigenvalue weighted by Crippen LogP contribution is 2.28. The van der Waals surface area contributed by atoms with Crippen molar-refractivity contribution in [3.63, 3.8) is 0 Å². The summed E-state index contributed by atoms with van der Waals surface area (Å²) in [6.45, 7) is 0. The first-order chi connectivity index (χ1) is 6.29. The Kier molecular flexibility index (Phi) is 2.43. The quantitative estimate of drug-likeness (QED) is 0.896. The molecule has 0 saturated carbocycles. The molecule has 0 saturated heterocycles. The van der Waals surface area contributed by atoms with Crippen LogP contribution in [0.25, 0.3) is 0 Å². The lowest BCUT2D eigenvalue weighted by molar-refractivity contribution is 0.489. The molecule has 0 radical (unpaired) electrons. The van der Waals surface area contributed by atoms with Gasteiger partial charge in [0.05, 0.1) is 21.8 Å². The molecule has 2 heterocycles. The summed E-state index contributed by atoms with van der Waals surface area (Å²) in [4.78, 5) is 0.885. The molecule has 0 aliphatic rings. The van der Waals surface area contributed by atoms with E-state index in [1.54, 1.807) is 12.5 Å². The molecule has 1 atom stereocenters. The third-order valence-electron chi connectivity index (χ3n) is 1.61. The summed E-state index contributed by atoms with van der Waals surface area (Å²) < 4.78 is 9.84. The Morgan fingerprint density at radius 1 is 1.62 bits per heavy atom. The number of furan rings is 1. The SMILES string of the molecule is NC(c1cnns1)c1occc1Br. The Balaban J connectivity index is 2.33. The molecule has 0 fully saturated rings. The molecule has 4 nitrogen and oxygen atoms in total. The second-order valence-electron chi connectivity index (χ2n) is 2.43. The largest absolute Gasteiger partial charge is 0.466 e. The molecule has 68 valence electrons. The van der Waals surface area contributed by atoms with E-state index < -0.39 is 0 Å². The summed E-state index contributed by atoms with van der Waals surface area (Å²) in [7, 11) is 0. The van der Waals surface area contributed by atoms with Gasteiger partial charge in [0.15, 0.2) is 0 Å². The van der Waals surface area contributed by atoms with Crippen molar-refractivity contribution in [1.29, 1.82) is 0 Å². The summed E-state index contributed by atoms with van der Waals surface area (Å²) in [6.07, 6.45) is 3.23. The Bertz CT molecular complexity index is 386. The highest BCUT2D eigenvalue weighted by molar-refractivity contribution is 9.10. The zero-order chi connectivity index (χ0) is 9.26. The number of aromatic nitrogens is 2. The van der Waals surface area contributed by atoms with Gasteiger partial charge in [-0.25, -0.2) is 0 Å². The minimum Gasteiger partial charge on any atom is -0.466 e. The van der Waals surface area contributed by atoms with Crippen molar-refractivity contribution in [1.82, 2.24) is 9.59 Å². The lowest BCUT2D eigenvalue weighted by Crippen LogP contribution is -2.09. The number of rotatable bonds is 2. The highest BCUT2D eigenvalue weighted by atomic mass is 79.9. The lowest BCUT2D eigenvalue weighted by atomic mass is 10.2. The molecule has 0 bridgehead atoms. The Morgan fingerprint density at radius 3 is 3.00 bits per heavy atom. The normalized spacial score (nSPS) is 13.1. The third-order valence-corrected chi connectivity index (χ3v) is 3.01. The van der Waals surface area contributed by atoms with Crippen LogP contribution in [0.2, 0.25) is 0 Å². The van der Waals surface area contributed by atoms with Gasteiger partial charge in [-0.15, -0.1) is 5.10 Å². The van der Waals surface area contributed by atoms with Gasteiger partial charge in [0.2, 0.25) is 0 Å². The lowest BCUT2D eigenvalue weighted by Gasteiger charge is -2.04. The van der Waals surface area contributed by atoms with Crippen molar-refractivity contribution in [2.75, 3.05) is 0 Å². The second kappa shape index (κ2) is 3.57. The zero-order valence-electron chi connectivity index (χ0n) is 6.48. The number of hydrogen-bond acceptors (Lipinski definition) is 5. The molecule has 0 aliphatic heterocycles. The molecule has 0 amide bonds. The summed E-state index contributed by atoms with van der Waals surface area (Å²) in [5.74, 6) is 0.700. The van der Waals surface area contributed by atoms with Crippen molar-refractivity contribution in [2.45, 2.75) is 6.04 Å². The van der Waals surface area contributed by atoms with E-state index in [1.807, 2.05) is 6.07 Å². The van der Waals surface area contributed by atoms with Crippen LogP contribution in [0.5, 0.6) is 0 Å². The van der Waals surface area contributed by atoms with Gasteiger partial charge >= 0.3 is 0 Å².